The number of ether oxygens (including phenoxy) is 1. The number of aromatic nitrogens is 1. The van der Waals surface area contributed by atoms with Gasteiger partial charge in [-0.3, -0.25) is 14.8 Å². The summed E-state index contributed by atoms with van der Waals surface area (Å²) in [7, 11) is 0. The highest BCUT2D eigenvalue weighted by Crippen LogP contribution is 2.04. The Morgan fingerprint density at radius 1 is 1.15 bits per heavy atom. The molecule has 0 amide bonds. The molecule has 0 bridgehead atoms. The summed E-state index contributed by atoms with van der Waals surface area (Å²) in [5.74, 6) is 0.761. The van der Waals surface area contributed by atoms with Crippen molar-refractivity contribution in [2.24, 2.45) is 4.99 Å². The number of esters is 1. The van der Waals surface area contributed by atoms with Gasteiger partial charge in [-0.05, 0) is 38.8 Å². The summed E-state index contributed by atoms with van der Waals surface area (Å²) < 4.78 is 4.92. The van der Waals surface area contributed by atoms with Crippen molar-refractivity contribution < 1.29 is 9.53 Å². The maximum Gasteiger partial charge on any atom is 0.305 e. The van der Waals surface area contributed by atoms with Crippen molar-refractivity contribution in [3.63, 3.8) is 0 Å². The zero-order valence-electron chi connectivity index (χ0n) is 16.0. The average Bonchev–Trinajstić information content (AvgIpc) is 2.62. The third kappa shape index (κ3) is 12.9. The van der Waals surface area contributed by atoms with Crippen LogP contribution in [0.5, 0.6) is 0 Å². The lowest BCUT2D eigenvalue weighted by Crippen LogP contribution is -2.38. The second-order valence-corrected chi connectivity index (χ2v) is 5.73. The minimum absolute atomic E-state index is 0. The quantitative estimate of drug-likeness (QED) is 0.159. The van der Waals surface area contributed by atoms with E-state index in [0.717, 1.165) is 63.4 Å². The lowest BCUT2D eigenvalue weighted by Gasteiger charge is -2.11. The molecule has 1 heterocycles. The SMILES string of the molecule is CCNC(=NCCCCCCC(=O)OCC)NCCc1ccccn1.I. The molecule has 2 N–H and O–H groups in total. The molecule has 0 unspecified atom stereocenters. The van der Waals surface area contributed by atoms with Gasteiger partial charge in [0.25, 0.3) is 0 Å². The maximum absolute atomic E-state index is 11.2. The zero-order chi connectivity index (χ0) is 18.2. The summed E-state index contributed by atoms with van der Waals surface area (Å²) in [4.78, 5) is 20.1. The van der Waals surface area contributed by atoms with E-state index in [2.05, 4.69) is 27.5 Å². The predicted octanol–water partition coefficient (Wildman–Crippen LogP) is 3.31. The number of nitrogens with one attached hydrogen (secondary N) is 2. The molecule has 0 atom stereocenters. The number of unbranched alkanes of at least 4 members (excludes halogenated alkanes) is 3. The van der Waals surface area contributed by atoms with Crippen LogP contribution in [-0.4, -0.2) is 43.2 Å². The molecule has 0 aliphatic carbocycles. The normalized spacial score (nSPS) is 10.8. The minimum atomic E-state index is -0.0907. The fourth-order valence-electron chi connectivity index (χ4n) is 2.36. The Morgan fingerprint density at radius 3 is 2.65 bits per heavy atom. The molecule has 0 radical (unpaired) electrons. The molecule has 6 nitrogen and oxygen atoms in total. The molecule has 0 spiro atoms. The van der Waals surface area contributed by atoms with Crippen LogP contribution in [0.2, 0.25) is 0 Å². The molecule has 0 aliphatic heterocycles. The van der Waals surface area contributed by atoms with E-state index in [4.69, 9.17) is 4.74 Å². The van der Waals surface area contributed by atoms with E-state index in [1.807, 2.05) is 31.3 Å². The molecular formula is C19H33IN4O2. The largest absolute Gasteiger partial charge is 0.466 e. The first kappa shape index (κ1) is 24.6. The highest BCUT2D eigenvalue weighted by Gasteiger charge is 2.01. The van der Waals surface area contributed by atoms with Gasteiger partial charge < -0.3 is 15.4 Å². The van der Waals surface area contributed by atoms with Crippen molar-refractivity contribution in [1.82, 2.24) is 15.6 Å². The summed E-state index contributed by atoms with van der Waals surface area (Å²) in [5, 5.41) is 6.60. The van der Waals surface area contributed by atoms with Crippen LogP contribution in [-0.2, 0) is 16.0 Å². The molecule has 7 heteroatoms. The monoisotopic (exact) mass is 476 g/mol. The van der Waals surface area contributed by atoms with E-state index in [1.165, 1.54) is 0 Å². The first-order valence-electron chi connectivity index (χ1n) is 9.34. The van der Waals surface area contributed by atoms with E-state index in [-0.39, 0.29) is 29.9 Å². The number of aliphatic imine (C=N–C) groups is 1. The van der Waals surface area contributed by atoms with Crippen molar-refractivity contribution in [1.29, 1.82) is 0 Å². The topological polar surface area (TPSA) is 75.6 Å². The summed E-state index contributed by atoms with van der Waals surface area (Å²) in [5.41, 5.74) is 1.08. The first-order valence-corrected chi connectivity index (χ1v) is 9.34. The Balaban J connectivity index is 0.00000625. The van der Waals surface area contributed by atoms with Crippen molar-refractivity contribution in [2.75, 3.05) is 26.2 Å². The number of hydrogen-bond acceptors (Lipinski definition) is 4. The predicted molar refractivity (Wildman–Crippen MR) is 117 cm³/mol. The fraction of sp³-hybridized carbons (Fsp3) is 0.632. The van der Waals surface area contributed by atoms with Crippen LogP contribution >= 0.6 is 24.0 Å². The molecule has 0 aliphatic rings. The molecule has 0 aromatic carbocycles. The molecule has 1 rings (SSSR count). The molecule has 26 heavy (non-hydrogen) atoms. The Labute approximate surface area is 174 Å². The van der Waals surface area contributed by atoms with Gasteiger partial charge in [0.1, 0.15) is 0 Å². The number of guanidine groups is 1. The van der Waals surface area contributed by atoms with Gasteiger partial charge in [0, 0.05) is 44.4 Å². The van der Waals surface area contributed by atoms with Crippen LogP contribution in [0.1, 0.15) is 51.6 Å². The van der Waals surface area contributed by atoms with Crippen LogP contribution in [0.15, 0.2) is 29.4 Å². The molecular weight excluding hydrogens is 443 g/mol. The maximum atomic E-state index is 11.2. The van der Waals surface area contributed by atoms with Gasteiger partial charge in [0.15, 0.2) is 5.96 Å². The summed E-state index contributed by atoms with van der Waals surface area (Å²) in [6.45, 7) is 6.80. The Hall–Kier alpha value is -1.38. The number of carbonyl (C=O) groups is 1. The zero-order valence-corrected chi connectivity index (χ0v) is 18.3. The van der Waals surface area contributed by atoms with Crippen LogP contribution in [0.25, 0.3) is 0 Å². The van der Waals surface area contributed by atoms with Crippen molar-refractivity contribution in [3.8, 4) is 0 Å². The third-order valence-corrected chi connectivity index (χ3v) is 3.61. The van der Waals surface area contributed by atoms with Crippen molar-refractivity contribution in [3.05, 3.63) is 30.1 Å². The van der Waals surface area contributed by atoms with E-state index < -0.39 is 0 Å². The number of rotatable bonds is 12. The van der Waals surface area contributed by atoms with E-state index in [9.17, 15) is 4.79 Å². The van der Waals surface area contributed by atoms with E-state index in [0.29, 0.717) is 13.0 Å². The molecule has 148 valence electrons. The summed E-state index contributed by atoms with van der Waals surface area (Å²) in [6.07, 6.45) is 7.25. The van der Waals surface area contributed by atoms with Gasteiger partial charge in [-0.2, -0.15) is 0 Å². The first-order chi connectivity index (χ1) is 12.3. The van der Waals surface area contributed by atoms with Crippen LogP contribution < -0.4 is 10.6 Å². The van der Waals surface area contributed by atoms with Crippen LogP contribution in [0.3, 0.4) is 0 Å². The lowest BCUT2D eigenvalue weighted by atomic mass is 10.1. The highest BCUT2D eigenvalue weighted by atomic mass is 127. The Kier molecular flexibility index (Phi) is 16.1. The number of carbonyl (C=O) groups excluding carboxylic acids is 1. The molecule has 0 saturated heterocycles. The fourth-order valence-corrected chi connectivity index (χ4v) is 2.36. The molecule has 1 aromatic rings. The Morgan fingerprint density at radius 2 is 1.96 bits per heavy atom. The van der Waals surface area contributed by atoms with Gasteiger partial charge in [-0.15, -0.1) is 24.0 Å². The number of halogens is 1. The van der Waals surface area contributed by atoms with E-state index in [1.54, 1.807) is 0 Å². The smallest absolute Gasteiger partial charge is 0.305 e. The van der Waals surface area contributed by atoms with E-state index >= 15 is 0 Å². The van der Waals surface area contributed by atoms with Gasteiger partial charge in [0.05, 0.1) is 6.61 Å². The standard InChI is InChI=1S/C19H32N4O2.HI/c1-3-20-19(23-16-13-17-11-8-10-14-21-17)22-15-9-6-5-7-12-18(24)25-4-2;/h8,10-11,14H,3-7,9,12-13,15-16H2,1-2H3,(H2,20,22,23);1H. The Bertz CT molecular complexity index is 498. The van der Waals surface area contributed by atoms with Crippen molar-refractivity contribution >= 4 is 35.9 Å². The van der Waals surface area contributed by atoms with Crippen molar-refractivity contribution in [2.45, 2.75) is 52.4 Å². The van der Waals surface area contributed by atoms with Crippen LogP contribution in [0.4, 0.5) is 0 Å². The second-order valence-electron chi connectivity index (χ2n) is 5.73. The van der Waals surface area contributed by atoms with Gasteiger partial charge in [0.2, 0.25) is 0 Å². The van der Waals surface area contributed by atoms with Gasteiger partial charge in [-0.1, -0.05) is 18.9 Å². The lowest BCUT2D eigenvalue weighted by molar-refractivity contribution is -0.143. The van der Waals surface area contributed by atoms with Crippen LogP contribution in [0, 0.1) is 0 Å². The molecule has 1 aromatic heterocycles. The second kappa shape index (κ2) is 17.1. The minimum Gasteiger partial charge on any atom is -0.466 e. The molecule has 0 fully saturated rings. The van der Waals surface area contributed by atoms with Gasteiger partial charge in [-0.25, -0.2) is 0 Å². The number of hydrogen-bond donors (Lipinski definition) is 2. The summed E-state index contributed by atoms with van der Waals surface area (Å²) >= 11 is 0. The van der Waals surface area contributed by atoms with Gasteiger partial charge >= 0.3 is 5.97 Å². The number of nitrogens with zero attached hydrogens (tertiary/aromatic N) is 2. The summed E-state index contributed by atoms with van der Waals surface area (Å²) in [6, 6.07) is 5.96. The number of pyridine rings is 1. The average molecular weight is 476 g/mol. The molecule has 0 saturated carbocycles. The highest BCUT2D eigenvalue weighted by molar-refractivity contribution is 14.0. The third-order valence-electron chi connectivity index (χ3n) is 3.61.